The first-order valence-electron chi connectivity index (χ1n) is 9.33. The van der Waals surface area contributed by atoms with Crippen molar-refractivity contribution < 1.29 is 13.2 Å². The van der Waals surface area contributed by atoms with Gasteiger partial charge in [-0.05, 0) is 13.3 Å². The van der Waals surface area contributed by atoms with Crippen LogP contribution in [-0.4, -0.2) is 78.5 Å². The SMILES string of the molecule is CCCCS(=O)(=O)N1CCN(CCNC(=O)Cc2nc[nH]c(=O)c2C)CC1. The number of piperazine rings is 1. The number of unbranched alkanes of at least 4 members (excludes halogenated alkanes) is 1. The minimum atomic E-state index is -3.14. The van der Waals surface area contributed by atoms with Crippen molar-refractivity contribution in [3.63, 3.8) is 0 Å². The highest BCUT2D eigenvalue weighted by Gasteiger charge is 2.26. The second-order valence-corrected chi connectivity index (χ2v) is 8.83. The smallest absolute Gasteiger partial charge is 0.253 e. The number of H-pyrrole nitrogens is 1. The van der Waals surface area contributed by atoms with Gasteiger partial charge in [-0.3, -0.25) is 14.5 Å². The topological polar surface area (TPSA) is 115 Å². The minimum Gasteiger partial charge on any atom is -0.354 e. The highest BCUT2D eigenvalue weighted by Crippen LogP contribution is 2.09. The van der Waals surface area contributed by atoms with Crippen LogP contribution in [-0.2, 0) is 21.2 Å². The molecule has 1 amide bonds. The van der Waals surface area contributed by atoms with Crippen LogP contribution in [0.3, 0.4) is 0 Å². The van der Waals surface area contributed by atoms with E-state index in [1.165, 1.54) is 6.33 Å². The van der Waals surface area contributed by atoms with Crippen LogP contribution in [0.5, 0.6) is 0 Å². The fraction of sp³-hybridized carbons (Fsp3) is 0.706. The quantitative estimate of drug-likeness (QED) is 0.578. The van der Waals surface area contributed by atoms with Crippen LogP contribution in [0.15, 0.2) is 11.1 Å². The summed E-state index contributed by atoms with van der Waals surface area (Å²) in [6, 6.07) is 0. The lowest BCUT2D eigenvalue weighted by molar-refractivity contribution is -0.120. The second-order valence-electron chi connectivity index (χ2n) is 6.74. The van der Waals surface area contributed by atoms with Gasteiger partial charge in [0, 0.05) is 44.8 Å². The van der Waals surface area contributed by atoms with Crippen LogP contribution >= 0.6 is 0 Å². The van der Waals surface area contributed by atoms with Gasteiger partial charge in [-0.15, -0.1) is 0 Å². The maximum absolute atomic E-state index is 12.2. The van der Waals surface area contributed by atoms with Crippen LogP contribution in [0, 0.1) is 6.92 Å². The zero-order valence-corrected chi connectivity index (χ0v) is 16.8. The van der Waals surface area contributed by atoms with Gasteiger partial charge >= 0.3 is 0 Å². The lowest BCUT2D eigenvalue weighted by Gasteiger charge is -2.34. The Kier molecular flexibility index (Phi) is 7.93. The molecule has 10 heteroatoms. The lowest BCUT2D eigenvalue weighted by Crippen LogP contribution is -2.50. The lowest BCUT2D eigenvalue weighted by atomic mass is 10.2. The van der Waals surface area contributed by atoms with Gasteiger partial charge in [0.1, 0.15) is 0 Å². The van der Waals surface area contributed by atoms with E-state index in [9.17, 15) is 18.0 Å². The van der Waals surface area contributed by atoms with Crippen LogP contribution in [0.2, 0.25) is 0 Å². The first kappa shape index (κ1) is 21.5. The molecule has 0 saturated carbocycles. The van der Waals surface area contributed by atoms with Crippen molar-refractivity contribution in [1.29, 1.82) is 0 Å². The minimum absolute atomic E-state index is 0.0687. The van der Waals surface area contributed by atoms with E-state index >= 15 is 0 Å². The van der Waals surface area contributed by atoms with Crippen molar-refractivity contribution in [3.05, 3.63) is 27.9 Å². The van der Waals surface area contributed by atoms with E-state index in [2.05, 4.69) is 20.2 Å². The fourth-order valence-electron chi connectivity index (χ4n) is 2.94. The van der Waals surface area contributed by atoms with Gasteiger partial charge < -0.3 is 10.3 Å². The Labute approximate surface area is 160 Å². The molecule has 2 heterocycles. The average molecular weight is 400 g/mol. The van der Waals surface area contributed by atoms with E-state index in [1.807, 2.05) is 6.92 Å². The first-order chi connectivity index (χ1) is 12.8. The van der Waals surface area contributed by atoms with Gasteiger partial charge in [-0.2, -0.15) is 4.31 Å². The molecule has 1 aromatic rings. The molecule has 2 rings (SSSR count). The van der Waals surface area contributed by atoms with E-state index in [-0.39, 0.29) is 23.6 Å². The summed E-state index contributed by atoms with van der Waals surface area (Å²) < 4.78 is 26.0. The molecule has 1 aliphatic heterocycles. The highest BCUT2D eigenvalue weighted by atomic mass is 32.2. The maximum atomic E-state index is 12.2. The van der Waals surface area contributed by atoms with Crippen LogP contribution in [0.4, 0.5) is 0 Å². The zero-order valence-electron chi connectivity index (χ0n) is 16.0. The summed E-state index contributed by atoms with van der Waals surface area (Å²) in [5.74, 6) is 0.0342. The predicted molar refractivity (Wildman–Crippen MR) is 103 cm³/mol. The molecule has 1 aromatic heterocycles. The molecule has 9 nitrogen and oxygen atoms in total. The molecule has 0 aliphatic carbocycles. The monoisotopic (exact) mass is 399 g/mol. The van der Waals surface area contributed by atoms with Crippen molar-refractivity contribution in [2.24, 2.45) is 0 Å². The van der Waals surface area contributed by atoms with E-state index in [4.69, 9.17) is 0 Å². The van der Waals surface area contributed by atoms with Crippen molar-refractivity contribution in [2.75, 3.05) is 45.0 Å². The third kappa shape index (κ3) is 6.40. The van der Waals surface area contributed by atoms with E-state index in [0.717, 1.165) is 6.42 Å². The van der Waals surface area contributed by atoms with Crippen molar-refractivity contribution in [3.8, 4) is 0 Å². The Bertz CT molecular complexity index is 785. The van der Waals surface area contributed by atoms with Gasteiger partial charge in [0.2, 0.25) is 15.9 Å². The third-order valence-corrected chi connectivity index (χ3v) is 6.70. The maximum Gasteiger partial charge on any atom is 0.253 e. The Morgan fingerprint density at radius 3 is 2.67 bits per heavy atom. The second kappa shape index (κ2) is 9.95. The summed E-state index contributed by atoms with van der Waals surface area (Å²) in [6.07, 6.45) is 2.92. The number of aromatic nitrogens is 2. The number of rotatable bonds is 9. The normalized spacial score (nSPS) is 16.4. The van der Waals surface area contributed by atoms with Crippen molar-refractivity contribution >= 4 is 15.9 Å². The number of aromatic amines is 1. The number of nitrogens with one attached hydrogen (secondary N) is 2. The molecule has 27 heavy (non-hydrogen) atoms. The molecular weight excluding hydrogens is 370 g/mol. The van der Waals surface area contributed by atoms with Gasteiger partial charge in [0.15, 0.2) is 0 Å². The molecule has 0 atom stereocenters. The summed E-state index contributed by atoms with van der Waals surface area (Å²) in [5, 5.41) is 2.83. The highest BCUT2D eigenvalue weighted by molar-refractivity contribution is 7.89. The fourth-order valence-corrected chi connectivity index (χ4v) is 4.57. The van der Waals surface area contributed by atoms with E-state index < -0.39 is 10.0 Å². The molecule has 1 saturated heterocycles. The molecule has 1 fully saturated rings. The zero-order chi connectivity index (χ0) is 19.9. The number of hydrogen-bond donors (Lipinski definition) is 2. The van der Waals surface area contributed by atoms with Gasteiger partial charge in [-0.1, -0.05) is 13.3 Å². The number of amides is 1. The summed E-state index contributed by atoms with van der Waals surface area (Å²) in [4.78, 5) is 32.2. The number of nitrogens with zero attached hydrogens (tertiary/aromatic N) is 3. The molecule has 152 valence electrons. The van der Waals surface area contributed by atoms with E-state index in [1.54, 1.807) is 11.2 Å². The summed E-state index contributed by atoms with van der Waals surface area (Å²) >= 11 is 0. The van der Waals surface area contributed by atoms with Gasteiger partial charge in [-0.25, -0.2) is 13.4 Å². The Morgan fingerprint density at radius 1 is 1.30 bits per heavy atom. The Balaban J connectivity index is 1.70. The van der Waals surface area contributed by atoms with Crippen LogP contribution < -0.4 is 10.9 Å². The van der Waals surface area contributed by atoms with Gasteiger partial charge in [0.25, 0.3) is 5.56 Å². The average Bonchev–Trinajstić information content (AvgIpc) is 2.64. The molecule has 0 radical (unpaired) electrons. The summed E-state index contributed by atoms with van der Waals surface area (Å²) in [6.45, 7) is 7.08. The van der Waals surface area contributed by atoms with Gasteiger partial charge in [0.05, 0.1) is 24.2 Å². The van der Waals surface area contributed by atoms with Crippen LogP contribution in [0.1, 0.15) is 31.0 Å². The molecular formula is C17H29N5O4S. The molecule has 0 spiro atoms. The summed E-state index contributed by atoms with van der Waals surface area (Å²) in [5.41, 5.74) is 0.690. The predicted octanol–water partition coefficient (Wildman–Crippen LogP) is -0.515. The molecule has 0 bridgehead atoms. The van der Waals surface area contributed by atoms with Crippen molar-refractivity contribution in [1.82, 2.24) is 24.5 Å². The molecule has 2 N–H and O–H groups in total. The first-order valence-corrected chi connectivity index (χ1v) is 10.9. The molecule has 0 aromatic carbocycles. The summed E-state index contributed by atoms with van der Waals surface area (Å²) in [7, 11) is -3.14. The standard InChI is InChI=1S/C17H29N5O4S/c1-3-4-11-27(25,26)22-9-7-21(8-10-22)6-5-18-16(23)12-15-14(2)17(24)20-13-19-15/h13H,3-12H2,1-2H3,(H,18,23)(H,19,20,24). The number of sulfonamides is 1. The largest absolute Gasteiger partial charge is 0.354 e. The number of carbonyl (C=O) groups is 1. The van der Waals surface area contributed by atoms with Crippen LogP contribution in [0.25, 0.3) is 0 Å². The third-order valence-electron chi connectivity index (χ3n) is 4.75. The Morgan fingerprint density at radius 2 is 2.00 bits per heavy atom. The number of carbonyl (C=O) groups excluding carboxylic acids is 1. The van der Waals surface area contributed by atoms with E-state index in [0.29, 0.717) is 56.9 Å². The number of hydrogen-bond acceptors (Lipinski definition) is 6. The van der Waals surface area contributed by atoms with Crippen molar-refractivity contribution in [2.45, 2.75) is 33.1 Å². The molecule has 0 unspecified atom stereocenters. The Hall–Kier alpha value is -1.78. The molecule has 1 aliphatic rings.